The molecule has 0 aromatic heterocycles. The van der Waals surface area contributed by atoms with E-state index in [1.54, 1.807) is 12.1 Å². The van der Waals surface area contributed by atoms with Crippen molar-refractivity contribution in [2.45, 2.75) is 25.4 Å². The highest BCUT2D eigenvalue weighted by Crippen LogP contribution is 2.27. The molecular weight excluding hydrogens is 217 g/mol. The van der Waals surface area contributed by atoms with Crippen LogP contribution >= 0.6 is 0 Å². The van der Waals surface area contributed by atoms with Crippen LogP contribution in [-0.2, 0) is 6.54 Å². The van der Waals surface area contributed by atoms with E-state index in [9.17, 15) is 4.39 Å². The van der Waals surface area contributed by atoms with Crippen LogP contribution in [0.4, 0.5) is 4.39 Å². The van der Waals surface area contributed by atoms with Gasteiger partial charge in [0.15, 0.2) is 0 Å². The minimum atomic E-state index is -0.220. The van der Waals surface area contributed by atoms with Crippen LogP contribution in [0.5, 0.6) is 0 Å². The average molecular weight is 233 g/mol. The highest BCUT2D eigenvalue weighted by Gasteiger charge is 2.26. The van der Waals surface area contributed by atoms with Gasteiger partial charge in [-0.1, -0.05) is 17.9 Å². The maximum atomic E-state index is 13.8. The molecule has 0 heterocycles. The van der Waals surface area contributed by atoms with Crippen LogP contribution in [0.3, 0.4) is 0 Å². The molecule has 2 nitrogen and oxygen atoms in total. The third-order valence-corrected chi connectivity index (χ3v) is 2.95. The Hall–Kier alpha value is -1.37. The lowest BCUT2D eigenvalue weighted by Crippen LogP contribution is -2.20. The lowest BCUT2D eigenvalue weighted by Gasteiger charge is -2.16. The smallest absolute Gasteiger partial charge is 0.128 e. The highest BCUT2D eigenvalue weighted by molar-refractivity contribution is 5.37. The Morgan fingerprint density at radius 2 is 2.24 bits per heavy atom. The third kappa shape index (κ3) is 3.29. The van der Waals surface area contributed by atoms with E-state index in [0.717, 1.165) is 0 Å². The van der Waals surface area contributed by atoms with E-state index in [-0.39, 0.29) is 12.4 Å². The topological polar surface area (TPSA) is 23.5 Å². The summed E-state index contributed by atoms with van der Waals surface area (Å²) in [6.45, 7) is 0.442. The van der Waals surface area contributed by atoms with Crippen LogP contribution in [0.1, 0.15) is 24.0 Å². The van der Waals surface area contributed by atoms with Gasteiger partial charge in [-0.3, -0.25) is 4.90 Å². The van der Waals surface area contributed by atoms with Crippen molar-refractivity contribution in [3.63, 3.8) is 0 Å². The summed E-state index contributed by atoms with van der Waals surface area (Å²) in [6, 6.07) is 5.62. The fourth-order valence-electron chi connectivity index (χ4n) is 1.81. The Bertz CT molecular complexity index is 457. The summed E-state index contributed by atoms with van der Waals surface area (Å²) in [5.74, 6) is 4.99. The molecule has 1 aromatic rings. The molecule has 1 aromatic carbocycles. The zero-order chi connectivity index (χ0) is 12.3. The second-order valence-electron chi connectivity index (χ2n) is 4.41. The van der Waals surface area contributed by atoms with E-state index < -0.39 is 0 Å². The van der Waals surface area contributed by atoms with Crippen molar-refractivity contribution in [1.29, 1.82) is 0 Å². The molecule has 90 valence electrons. The molecule has 0 aliphatic heterocycles. The Morgan fingerprint density at radius 1 is 1.47 bits per heavy atom. The lowest BCUT2D eigenvalue weighted by molar-refractivity contribution is 0.311. The highest BCUT2D eigenvalue weighted by atomic mass is 19.1. The molecule has 0 atom stereocenters. The number of nitrogens with zero attached hydrogens (tertiary/aromatic N) is 1. The van der Waals surface area contributed by atoms with E-state index in [1.807, 2.05) is 7.05 Å². The van der Waals surface area contributed by atoms with Gasteiger partial charge in [0.25, 0.3) is 0 Å². The fraction of sp³-hybridized carbons (Fsp3) is 0.429. The van der Waals surface area contributed by atoms with Crippen LogP contribution in [-0.4, -0.2) is 29.7 Å². The molecule has 1 fully saturated rings. The fourth-order valence-corrected chi connectivity index (χ4v) is 1.81. The van der Waals surface area contributed by atoms with Gasteiger partial charge in [0.2, 0.25) is 0 Å². The summed E-state index contributed by atoms with van der Waals surface area (Å²) >= 11 is 0. The van der Waals surface area contributed by atoms with Gasteiger partial charge in [-0.25, -0.2) is 4.39 Å². The molecule has 0 amide bonds. The number of hydrogen-bond acceptors (Lipinski definition) is 2. The Labute approximate surface area is 101 Å². The number of rotatable bonds is 3. The van der Waals surface area contributed by atoms with Crippen molar-refractivity contribution in [3.05, 3.63) is 35.1 Å². The standard InChI is InChI=1S/C14H16FNO/c1-16(13-6-7-13)10-12-5-4-11(3-2-8-17)9-14(12)15/h4-5,9,13,17H,6-8,10H2,1H3. The number of benzene rings is 1. The van der Waals surface area contributed by atoms with E-state index in [4.69, 9.17) is 5.11 Å². The summed E-state index contributed by atoms with van der Waals surface area (Å²) in [4.78, 5) is 2.18. The molecule has 0 saturated heterocycles. The Morgan fingerprint density at radius 3 is 2.82 bits per heavy atom. The van der Waals surface area contributed by atoms with Crippen molar-refractivity contribution in [2.24, 2.45) is 0 Å². The predicted octanol–water partition coefficient (Wildman–Crippen LogP) is 1.76. The monoisotopic (exact) mass is 233 g/mol. The number of aliphatic hydroxyl groups excluding tert-OH is 1. The molecule has 0 radical (unpaired) electrons. The van der Waals surface area contributed by atoms with E-state index in [0.29, 0.717) is 23.7 Å². The van der Waals surface area contributed by atoms with Crippen LogP contribution in [0.25, 0.3) is 0 Å². The first-order chi connectivity index (χ1) is 8.20. The molecule has 1 aliphatic carbocycles. The molecule has 1 saturated carbocycles. The summed E-state index contributed by atoms with van der Waals surface area (Å²) in [7, 11) is 2.02. The first-order valence-electron chi connectivity index (χ1n) is 5.79. The zero-order valence-electron chi connectivity index (χ0n) is 9.91. The molecule has 17 heavy (non-hydrogen) atoms. The van der Waals surface area contributed by atoms with Crippen molar-refractivity contribution >= 4 is 0 Å². The summed E-state index contributed by atoms with van der Waals surface area (Å²) in [6.07, 6.45) is 2.44. The molecule has 0 bridgehead atoms. The SMILES string of the molecule is CN(Cc1ccc(C#CCO)cc1F)C1CC1. The minimum Gasteiger partial charge on any atom is -0.384 e. The molecule has 1 aliphatic rings. The van der Waals surface area contributed by atoms with Crippen molar-refractivity contribution < 1.29 is 9.50 Å². The van der Waals surface area contributed by atoms with E-state index in [1.165, 1.54) is 18.9 Å². The first kappa shape index (κ1) is 12.1. The maximum Gasteiger partial charge on any atom is 0.128 e. The Kier molecular flexibility index (Phi) is 3.78. The van der Waals surface area contributed by atoms with E-state index >= 15 is 0 Å². The van der Waals surface area contributed by atoms with Gasteiger partial charge >= 0.3 is 0 Å². The van der Waals surface area contributed by atoms with Crippen molar-refractivity contribution in [3.8, 4) is 11.8 Å². The summed E-state index contributed by atoms with van der Waals surface area (Å²) in [5, 5.41) is 8.56. The molecule has 3 heteroatoms. The molecule has 1 N–H and O–H groups in total. The lowest BCUT2D eigenvalue weighted by atomic mass is 10.1. The van der Waals surface area contributed by atoms with Crippen molar-refractivity contribution in [2.75, 3.05) is 13.7 Å². The molecule has 0 unspecified atom stereocenters. The van der Waals surface area contributed by atoms with Crippen LogP contribution < -0.4 is 0 Å². The third-order valence-electron chi connectivity index (χ3n) is 2.95. The predicted molar refractivity (Wildman–Crippen MR) is 64.9 cm³/mol. The maximum absolute atomic E-state index is 13.8. The Balaban J connectivity index is 2.07. The summed E-state index contributed by atoms with van der Waals surface area (Å²) in [5.41, 5.74) is 1.31. The molecule has 0 spiro atoms. The summed E-state index contributed by atoms with van der Waals surface area (Å²) < 4.78 is 13.8. The van der Waals surface area contributed by atoms with Crippen molar-refractivity contribution in [1.82, 2.24) is 4.90 Å². The van der Waals surface area contributed by atoms with Crippen LogP contribution in [0.15, 0.2) is 18.2 Å². The van der Waals surface area contributed by atoms with Gasteiger partial charge in [-0.2, -0.15) is 0 Å². The first-order valence-corrected chi connectivity index (χ1v) is 5.79. The quantitative estimate of drug-likeness (QED) is 0.804. The van der Waals surface area contributed by atoms with Gasteiger partial charge in [0.1, 0.15) is 12.4 Å². The van der Waals surface area contributed by atoms with Crippen LogP contribution in [0, 0.1) is 17.7 Å². The minimum absolute atomic E-state index is 0.201. The van der Waals surface area contributed by atoms with Gasteiger partial charge in [0, 0.05) is 23.7 Å². The molecular formula is C14H16FNO. The molecule has 2 rings (SSSR count). The van der Waals surface area contributed by atoms with E-state index in [2.05, 4.69) is 16.7 Å². The second-order valence-corrected chi connectivity index (χ2v) is 4.41. The van der Waals surface area contributed by atoms with Gasteiger partial charge in [-0.05, 0) is 32.0 Å². The number of hydrogen-bond donors (Lipinski definition) is 1. The van der Waals surface area contributed by atoms with Crippen LogP contribution in [0.2, 0.25) is 0 Å². The largest absolute Gasteiger partial charge is 0.384 e. The van der Waals surface area contributed by atoms with Gasteiger partial charge in [-0.15, -0.1) is 0 Å². The van der Waals surface area contributed by atoms with Gasteiger partial charge < -0.3 is 5.11 Å². The average Bonchev–Trinajstić information content (AvgIpc) is 3.13. The number of aliphatic hydroxyl groups is 1. The normalized spacial score (nSPS) is 14.6. The second kappa shape index (κ2) is 5.31. The number of halogens is 1. The van der Waals surface area contributed by atoms with Gasteiger partial charge in [0.05, 0.1) is 0 Å². The zero-order valence-corrected chi connectivity index (χ0v) is 9.91.